The van der Waals surface area contributed by atoms with Crippen LogP contribution in [0.15, 0.2) is 17.0 Å². The molecule has 0 spiro atoms. The van der Waals surface area contributed by atoms with Gasteiger partial charge < -0.3 is 16.2 Å². The standard InChI is InChI=1S/C11H17N3O4S/c1-7-5-9(12)6-10(8(7)2)19(16,17)14-3-4-18-11(13)15/h5-6,14H,3-4,12H2,1-2H3,(H2,13,15). The molecule has 19 heavy (non-hydrogen) atoms. The van der Waals surface area contributed by atoms with Gasteiger partial charge in [-0.3, -0.25) is 0 Å². The van der Waals surface area contributed by atoms with Gasteiger partial charge >= 0.3 is 6.09 Å². The van der Waals surface area contributed by atoms with Crippen LogP contribution in [0.3, 0.4) is 0 Å². The van der Waals surface area contributed by atoms with Gasteiger partial charge in [0.25, 0.3) is 0 Å². The van der Waals surface area contributed by atoms with E-state index in [1.54, 1.807) is 19.9 Å². The zero-order valence-electron chi connectivity index (χ0n) is 10.8. The molecule has 5 N–H and O–H groups in total. The second kappa shape index (κ2) is 5.89. The van der Waals surface area contributed by atoms with Crippen molar-refractivity contribution in [3.63, 3.8) is 0 Å². The molecule has 106 valence electrons. The summed E-state index contributed by atoms with van der Waals surface area (Å²) in [5.41, 5.74) is 12.2. The fourth-order valence-electron chi connectivity index (χ4n) is 1.54. The lowest BCUT2D eigenvalue weighted by molar-refractivity contribution is 0.159. The molecule has 0 aliphatic heterocycles. The molecular weight excluding hydrogens is 270 g/mol. The number of anilines is 1. The highest BCUT2D eigenvalue weighted by atomic mass is 32.2. The van der Waals surface area contributed by atoms with Gasteiger partial charge in [-0.05, 0) is 37.1 Å². The highest BCUT2D eigenvalue weighted by Crippen LogP contribution is 2.21. The summed E-state index contributed by atoms with van der Waals surface area (Å²) in [6.07, 6.45) is -0.949. The minimum Gasteiger partial charge on any atom is -0.448 e. The topological polar surface area (TPSA) is 125 Å². The van der Waals surface area contributed by atoms with Crippen LogP contribution >= 0.6 is 0 Å². The predicted octanol–water partition coefficient (Wildman–Crippen LogP) is 0.259. The van der Waals surface area contributed by atoms with E-state index in [4.69, 9.17) is 11.5 Å². The number of amides is 1. The zero-order chi connectivity index (χ0) is 14.6. The summed E-state index contributed by atoms with van der Waals surface area (Å²) in [7, 11) is -3.70. The second-order valence-electron chi connectivity index (χ2n) is 4.03. The normalized spacial score (nSPS) is 11.3. The first-order chi connectivity index (χ1) is 8.74. The highest BCUT2D eigenvalue weighted by Gasteiger charge is 2.18. The first kappa shape index (κ1) is 15.3. The number of nitrogens with two attached hydrogens (primary N) is 2. The number of nitrogen functional groups attached to an aromatic ring is 1. The number of primary amides is 1. The quantitative estimate of drug-likeness (QED) is 0.529. The lowest BCUT2D eigenvalue weighted by Gasteiger charge is -2.12. The third-order valence-corrected chi connectivity index (χ3v) is 4.16. The van der Waals surface area contributed by atoms with Crippen LogP contribution in [0.25, 0.3) is 0 Å². The van der Waals surface area contributed by atoms with Gasteiger partial charge in [-0.1, -0.05) is 0 Å². The summed E-state index contributed by atoms with van der Waals surface area (Å²) in [4.78, 5) is 10.5. The van der Waals surface area contributed by atoms with Crippen LogP contribution in [0.2, 0.25) is 0 Å². The molecule has 1 rings (SSSR count). The average molecular weight is 287 g/mol. The molecule has 0 heterocycles. The minimum absolute atomic E-state index is 0.0570. The van der Waals surface area contributed by atoms with Crippen LogP contribution in [0, 0.1) is 13.8 Å². The summed E-state index contributed by atoms with van der Waals surface area (Å²) >= 11 is 0. The number of ether oxygens (including phenoxy) is 1. The summed E-state index contributed by atoms with van der Waals surface area (Å²) in [5, 5.41) is 0. The first-order valence-electron chi connectivity index (χ1n) is 5.52. The number of aryl methyl sites for hydroxylation is 1. The van der Waals surface area contributed by atoms with Gasteiger partial charge in [0.1, 0.15) is 6.61 Å². The van der Waals surface area contributed by atoms with Gasteiger partial charge in [-0.25, -0.2) is 17.9 Å². The van der Waals surface area contributed by atoms with Gasteiger partial charge in [0.15, 0.2) is 0 Å². The number of carbonyl (C=O) groups excluding carboxylic acids is 1. The van der Waals surface area contributed by atoms with Gasteiger partial charge in [-0.15, -0.1) is 0 Å². The number of hydrogen-bond acceptors (Lipinski definition) is 5. The SMILES string of the molecule is Cc1cc(N)cc(S(=O)(=O)NCCOC(N)=O)c1C. The van der Waals surface area contributed by atoms with E-state index in [1.807, 2.05) is 0 Å². The maximum absolute atomic E-state index is 12.1. The third kappa shape index (κ3) is 4.11. The molecule has 1 aromatic rings. The van der Waals surface area contributed by atoms with Crippen molar-refractivity contribution in [2.45, 2.75) is 18.7 Å². The van der Waals surface area contributed by atoms with Crippen LogP contribution in [0.1, 0.15) is 11.1 Å². The maximum atomic E-state index is 12.1. The molecule has 0 aliphatic carbocycles. The van der Waals surface area contributed by atoms with Crippen LogP contribution in [-0.2, 0) is 14.8 Å². The molecular formula is C11H17N3O4S. The van der Waals surface area contributed by atoms with E-state index in [1.165, 1.54) is 6.07 Å². The Morgan fingerprint density at radius 2 is 2.00 bits per heavy atom. The zero-order valence-corrected chi connectivity index (χ0v) is 11.6. The number of benzene rings is 1. The van der Waals surface area contributed by atoms with Crippen LogP contribution < -0.4 is 16.2 Å². The van der Waals surface area contributed by atoms with Gasteiger partial charge in [0.2, 0.25) is 10.0 Å². The number of nitrogens with one attached hydrogen (secondary N) is 1. The van der Waals surface area contributed by atoms with Crippen LogP contribution in [0.4, 0.5) is 10.5 Å². The molecule has 8 heteroatoms. The Kier molecular flexibility index (Phi) is 4.73. The summed E-state index contributed by atoms with van der Waals surface area (Å²) < 4.78 is 30.9. The fraction of sp³-hybridized carbons (Fsp3) is 0.364. The van der Waals surface area contributed by atoms with E-state index in [-0.39, 0.29) is 18.0 Å². The predicted molar refractivity (Wildman–Crippen MR) is 71.1 cm³/mol. The first-order valence-corrected chi connectivity index (χ1v) is 7.01. The molecule has 0 saturated carbocycles. The lowest BCUT2D eigenvalue weighted by atomic mass is 10.1. The Labute approximate surface area is 112 Å². The molecule has 0 aliphatic rings. The number of hydrogen-bond donors (Lipinski definition) is 3. The lowest BCUT2D eigenvalue weighted by Crippen LogP contribution is -2.29. The minimum atomic E-state index is -3.70. The fourth-order valence-corrected chi connectivity index (χ4v) is 2.90. The van der Waals surface area contributed by atoms with Gasteiger partial charge in [-0.2, -0.15) is 0 Å². The number of sulfonamides is 1. The Morgan fingerprint density at radius 1 is 1.37 bits per heavy atom. The molecule has 0 bridgehead atoms. The molecule has 1 aromatic carbocycles. The van der Waals surface area contributed by atoms with Crippen molar-refractivity contribution in [1.29, 1.82) is 0 Å². The van der Waals surface area contributed by atoms with Crippen molar-refractivity contribution in [3.8, 4) is 0 Å². The van der Waals surface area contributed by atoms with Gasteiger partial charge in [0, 0.05) is 12.2 Å². The summed E-state index contributed by atoms with van der Waals surface area (Å²) in [6.45, 7) is 3.29. The van der Waals surface area contributed by atoms with E-state index in [0.29, 0.717) is 11.3 Å². The van der Waals surface area contributed by atoms with E-state index < -0.39 is 16.1 Å². The Balaban J connectivity index is 2.86. The van der Waals surface area contributed by atoms with Crippen LogP contribution in [0.5, 0.6) is 0 Å². The van der Waals surface area contributed by atoms with E-state index in [9.17, 15) is 13.2 Å². The highest BCUT2D eigenvalue weighted by molar-refractivity contribution is 7.89. The average Bonchev–Trinajstić information content (AvgIpc) is 2.29. The van der Waals surface area contributed by atoms with Crippen molar-refractivity contribution in [1.82, 2.24) is 4.72 Å². The van der Waals surface area contributed by atoms with Crippen molar-refractivity contribution >= 4 is 21.8 Å². The van der Waals surface area contributed by atoms with Crippen molar-refractivity contribution in [3.05, 3.63) is 23.3 Å². The van der Waals surface area contributed by atoms with E-state index in [2.05, 4.69) is 9.46 Å². The summed E-state index contributed by atoms with van der Waals surface area (Å²) in [5.74, 6) is 0. The van der Waals surface area contributed by atoms with E-state index >= 15 is 0 Å². The molecule has 0 unspecified atom stereocenters. The van der Waals surface area contributed by atoms with Crippen LogP contribution in [-0.4, -0.2) is 27.7 Å². The second-order valence-corrected chi connectivity index (χ2v) is 5.76. The van der Waals surface area contributed by atoms with Crippen molar-refractivity contribution in [2.24, 2.45) is 5.73 Å². The molecule has 0 fully saturated rings. The monoisotopic (exact) mass is 287 g/mol. The van der Waals surface area contributed by atoms with Gasteiger partial charge in [0.05, 0.1) is 4.90 Å². The molecule has 0 saturated heterocycles. The maximum Gasteiger partial charge on any atom is 0.404 e. The largest absolute Gasteiger partial charge is 0.448 e. The molecule has 0 aromatic heterocycles. The van der Waals surface area contributed by atoms with Crippen molar-refractivity contribution in [2.75, 3.05) is 18.9 Å². The number of rotatable bonds is 5. The third-order valence-electron chi connectivity index (χ3n) is 2.57. The number of carbonyl (C=O) groups is 1. The van der Waals surface area contributed by atoms with E-state index in [0.717, 1.165) is 5.56 Å². The summed E-state index contributed by atoms with van der Waals surface area (Å²) in [6, 6.07) is 3.09. The Hall–Kier alpha value is -1.80. The molecule has 1 amide bonds. The van der Waals surface area contributed by atoms with Crippen molar-refractivity contribution < 1.29 is 17.9 Å². The Morgan fingerprint density at radius 3 is 2.58 bits per heavy atom. The smallest absolute Gasteiger partial charge is 0.404 e. The molecule has 0 radical (unpaired) electrons. The molecule has 7 nitrogen and oxygen atoms in total. The molecule has 0 atom stereocenters. The Bertz CT molecular complexity index is 584.